The number of alkyl halides is 3. The predicted octanol–water partition coefficient (Wildman–Crippen LogP) is 2.01. The maximum atomic E-state index is 12.4. The Bertz CT molecular complexity index is 805. The number of likely N-dealkylation sites (N-methyl/N-ethyl adjacent to an activating group) is 1. The first-order valence-corrected chi connectivity index (χ1v) is 9.15. The molecule has 1 amide bonds. The van der Waals surface area contributed by atoms with Gasteiger partial charge >= 0.3 is 6.18 Å². The van der Waals surface area contributed by atoms with Gasteiger partial charge in [-0.3, -0.25) is 9.48 Å². The highest BCUT2D eigenvalue weighted by Gasteiger charge is 2.31. The number of benzene rings is 1. The lowest BCUT2D eigenvalue weighted by molar-refractivity contribution is -0.157. The first kappa shape index (κ1) is 22.3. The quantitative estimate of drug-likeness (QED) is 0.516. The van der Waals surface area contributed by atoms with Crippen LogP contribution in [0.15, 0.2) is 47.7 Å². The van der Waals surface area contributed by atoms with Gasteiger partial charge in [0.1, 0.15) is 6.54 Å². The molecule has 2 N–H and O–H groups in total. The van der Waals surface area contributed by atoms with E-state index in [4.69, 9.17) is 0 Å². The van der Waals surface area contributed by atoms with Crippen LogP contribution in [0.5, 0.6) is 0 Å². The lowest BCUT2D eigenvalue weighted by Crippen LogP contribution is -2.45. The molecule has 0 aliphatic carbocycles. The summed E-state index contributed by atoms with van der Waals surface area (Å²) in [6.45, 7) is 1.78. The van der Waals surface area contributed by atoms with E-state index in [0.29, 0.717) is 30.5 Å². The van der Waals surface area contributed by atoms with E-state index in [1.807, 2.05) is 43.5 Å². The van der Waals surface area contributed by atoms with Crippen LogP contribution in [0, 0.1) is 0 Å². The number of aromatic nitrogens is 2. The average Bonchev–Trinajstić information content (AvgIpc) is 3.16. The summed E-state index contributed by atoms with van der Waals surface area (Å²) in [5.74, 6) is -0.317. The van der Waals surface area contributed by atoms with E-state index in [1.54, 1.807) is 10.9 Å². The molecule has 7 nitrogen and oxygen atoms in total. The van der Waals surface area contributed by atoms with Crippen LogP contribution in [-0.4, -0.2) is 59.4 Å². The molecule has 0 radical (unpaired) electrons. The number of rotatable bonds is 8. The van der Waals surface area contributed by atoms with Gasteiger partial charge in [0.2, 0.25) is 5.91 Å². The molecule has 2 rings (SSSR count). The first-order chi connectivity index (χ1) is 13.8. The van der Waals surface area contributed by atoms with Crippen molar-refractivity contribution >= 4 is 11.9 Å². The molecule has 0 aliphatic heterocycles. The van der Waals surface area contributed by atoms with E-state index in [2.05, 4.69) is 20.7 Å². The van der Waals surface area contributed by atoms with Crippen molar-refractivity contribution in [1.82, 2.24) is 25.3 Å². The molecule has 0 bridgehead atoms. The van der Waals surface area contributed by atoms with Gasteiger partial charge in [-0.1, -0.05) is 24.3 Å². The van der Waals surface area contributed by atoms with Crippen molar-refractivity contribution in [2.24, 2.45) is 4.99 Å². The molecule has 0 saturated carbocycles. The van der Waals surface area contributed by atoms with E-state index in [-0.39, 0.29) is 6.54 Å². The summed E-state index contributed by atoms with van der Waals surface area (Å²) in [5.41, 5.74) is 2.04. The molecule has 0 unspecified atom stereocenters. The minimum atomic E-state index is -4.43. The number of hydrogen-bond donors (Lipinski definition) is 2. The van der Waals surface area contributed by atoms with Crippen molar-refractivity contribution < 1.29 is 18.0 Å². The van der Waals surface area contributed by atoms with E-state index in [1.165, 1.54) is 0 Å². The summed E-state index contributed by atoms with van der Waals surface area (Å²) in [4.78, 5) is 17.0. The number of nitrogens with one attached hydrogen (secondary N) is 2. The lowest BCUT2D eigenvalue weighted by atomic mass is 10.1. The molecule has 1 aromatic carbocycles. The van der Waals surface area contributed by atoms with Gasteiger partial charge in [-0.25, -0.2) is 4.99 Å². The molecule has 2 aromatic rings. The Hall–Kier alpha value is -3.04. The molecule has 1 aromatic heterocycles. The van der Waals surface area contributed by atoms with Gasteiger partial charge in [-0.2, -0.15) is 18.3 Å². The Kier molecular flexibility index (Phi) is 8.05. The van der Waals surface area contributed by atoms with Gasteiger partial charge in [0.25, 0.3) is 0 Å². The number of amides is 1. The fourth-order valence-corrected chi connectivity index (χ4v) is 2.59. The zero-order chi connectivity index (χ0) is 21.3. The van der Waals surface area contributed by atoms with Crippen molar-refractivity contribution in [2.75, 3.05) is 26.7 Å². The Morgan fingerprint density at radius 2 is 1.93 bits per heavy atom. The highest BCUT2D eigenvalue weighted by atomic mass is 19.4. The molecule has 1 heterocycles. The monoisotopic (exact) mass is 410 g/mol. The molecule has 0 spiro atoms. The summed E-state index contributed by atoms with van der Waals surface area (Å²) in [7, 11) is 1.12. The SMILES string of the molecule is CCNC(=NCc1ccccc1Cn1cccn1)NCC(=O)N(C)CC(F)(F)F. The molecule has 158 valence electrons. The molecule has 0 aliphatic rings. The van der Waals surface area contributed by atoms with Crippen LogP contribution < -0.4 is 10.6 Å². The Labute approximate surface area is 167 Å². The Balaban J connectivity index is 1.99. The maximum absolute atomic E-state index is 12.4. The van der Waals surface area contributed by atoms with Crippen molar-refractivity contribution in [3.8, 4) is 0 Å². The summed E-state index contributed by atoms with van der Waals surface area (Å²) >= 11 is 0. The number of hydrogen-bond acceptors (Lipinski definition) is 3. The summed E-state index contributed by atoms with van der Waals surface area (Å²) < 4.78 is 39.0. The topological polar surface area (TPSA) is 74.5 Å². The number of carbonyl (C=O) groups is 1. The number of halogens is 3. The Morgan fingerprint density at radius 1 is 1.21 bits per heavy atom. The van der Waals surface area contributed by atoms with Gasteiger partial charge in [0.05, 0.1) is 19.6 Å². The van der Waals surface area contributed by atoms with Crippen LogP contribution in [0.2, 0.25) is 0 Å². The molecule has 0 fully saturated rings. The zero-order valence-corrected chi connectivity index (χ0v) is 16.4. The fourth-order valence-electron chi connectivity index (χ4n) is 2.59. The van der Waals surface area contributed by atoms with Crippen molar-refractivity contribution in [2.45, 2.75) is 26.2 Å². The highest BCUT2D eigenvalue weighted by Crippen LogP contribution is 2.15. The lowest BCUT2D eigenvalue weighted by Gasteiger charge is -2.20. The van der Waals surface area contributed by atoms with Crippen molar-refractivity contribution in [1.29, 1.82) is 0 Å². The highest BCUT2D eigenvalue weighted by molar-refractivity contribution is 5.86. The largest absolute Gasteiger partial charge is 0.406 e. The number of nitrogens with zero attached hydrogens (tertiary/aromatic N) is 4. The molecule has 0 atom stereocenters. The number of carbonyl (C=O) groups excluding carboxylic acids is 1. The molecule has 0 saturated heterocycles. The van der Waals surface area contributed by atoms with Crippen LogP contribution >= 0.6 is 0 Å². The third-order valence-electron chi connectivity index (χ3n) is 4.01. The smallest absolute Gasteiger partial charge is 0.357 e. The van der Waals surface area contributed by atoms with Gasteiger partial charge in [0, 0.05) is 26.0 Å². The molecule has 10 heteroatoms. The van der Waals surface area contributed by atoms with Gasteiger partial charge in [0.15, 0.2) is 5.96 Å². The van der Waals surface area contributed by atoms with Crippen molar-refractivity contribution in [3.63, 3.8) is 0 Å². The van der Waals surface area contributed by atoms with Crippen molar-refractivity contribution in [3.05, 3.63) is 53.9 Å². The predicted molar refractivity (Wildman–Crippen MR) is 104 cm³/mol. The second-order valence-electron chi connectivity index (χ2n) is 6.39. The van der Waals surface area contributed by atoms with Gasteiger partial charge in [-0.05, 0) is 24.1 Å². The fraction of sp³-hybridized carbons (Fsp3) is 0.421. The van der Waals surface area contributed by atoms with E-state index in [9.17, 15) is 18.0 Å². The summed E-state index contributed by atoms with van der Waals surface area (Å²) in [6.07, 6.45) is -0.850. The molecular weight excluding hydrogens is 385 g/mol. The average molecular weight is 410 g/mol. The second kappa shape index (κ2) is 10.5. The summed E-state index contributed by atoms with van der Waals surface area (Å²) in [6, 6.07) is 9.63. The van der Waals surface area contributed by atoms with Gasteiger partial charge < -0.3 is 15.5 Å². The summed E-state index contributed by atoms with van der Waals surface area (Å²) in [5, 5.41) is 9.98. The van der Waals surface area contributed by atoms with Crippen LogP contribution in [0.25, 0.3) is 0 Å². The van der Waals surface area contributed by atoms with E-state index < -0.39 is 18.6 Å². The van der Waals surface area contributed by atoms with Crippen LogP contribution in [0.4, 0.5) is 13.2 Å². The Morgan fingerprint density at radius 3 is 2.55 bits per heavy atom. The third kappa shape index (κ3) is 7.84. The first-order valence-electron chi connectivity index (χ1n) is 9.15. The van der Waals surface area contributed by atoms with Crippen LogP contribution in [-0.2, 0) is 17.9 Å². The standard InChI is InChI=1S/C19H25F3N6O/c1-3-23-18(25-12-17(29)27(2)14-19(20,21)22)24-11-15-7-4-5-8-16(15)13-28-10-6-9-26-28/h4-10H,3,11-14H2,1-2H3,(H2,23,24,25). The van der Waals surface area contributed by atoms with E-state index >= 15 is 0 Å². The minimum Gasteiger partial charge on any atom is -0.357 e. The molecule has 29 heavy (non-hydrogen) atoms. The number of aliphatic imine (C=N–C) groups is 1. The minimum absolute atomic E-state index is 0.284. The maximum Gasteiger partial charge on any atom is 0.406 e. The third-order valence-corrected chi connectivity index (χ3v) is 4.01. The normalized spacial score (nSPS) is 12.0. The zero-order valence-electron chi connectivity index (χ0n) is 16.4. The number of guanidine groups is 1. The van der Waals surface area contributed by atoms with Crippen LogP contribution in [0.1, 0.15) is 18.1 Å². The van der Waals surface area contributed by atoms with Gasteiger partial charge in [-0.15, -0.1) is 0 Å². The van der Waals surface area contributed by atoms with Crippen LogP contribution in [0.3, 0.4) is 0 Å². The second-order valence-corrected chi connectivity index (χ2v) is 6.39. The van der Waals surface area contributed by atoms with E-state index in [0.717, 1.165) is 18.2 Å². The molecular formula is C19H25F3N6O.